The van der Waals surface area contributed by atoms with E-state index in [1.807, 2.05) is 6.92 Å². The van der Waals surface area contributed by atoms with Crippen LogP contribution >= 0.6 is 0 Å². The maximum Gasteiger partial charge on any atom is 0.244 e. The molecule has 6 heteroatoms. The SMILES string of the molecule is Cc1nn(C)cc1S(=O)(=O)N[C@H](C)[C@H]1C[C@H]2CC[C@H]1C2. The van der Waals surface area contributed by atoms with Gasteiger partial charge in [-0.05, 0) is 50.9 Å². The van der Waals surface area contributed by atoms with Crippen LogP contribution in [0.1, 0.15) is 38.3 Å². The molecule has 2 aliphatic carbocycles. The van der Waals surface area contributed by atoms with Crippen LogP contribution in [0.3, 0.4) is 0 Å². The summed E-state index contributed by atoms with van der Waals surface area (Å²) in [4.78, 5) is 0.301. The van der Waals surface area contributed by atoms with Crippen molar-refractivity contribution in [3.05, 3.63) is 11.9 Å². The lowest BCUT2D eigenvalue weighted by atomic mass is 9.84. The lowest BCUT2D eigenvalue weighted by molar-refractivity contribution is 0.280. The normalized spacial score (nSPS) is 30.9. The average Bonchev–Trinajstić information content (AvgIpc) is 3.03. The Morgan fingerprint density at radius 3 is 2.65 bits per heavy atom. The number of hydrogen-bond donors (Lipinski definition) is 1. The Balaban J connectivity index is 1.75. The van der Waals surface area contributed by atoms with E-state index in [9.17, 15) is 8.42 Å². The highest BCUT2D eigenvalue weighted by molar-refractivity contribution is 7.89. The summed E-state index contributed by atoms with van der Waals surface area (Å²) < 4.78 is 29.4. The van der Waals surface area contributed by atoms with Crippen LogP contribution in [-0.4, -0.2) is 24.2 Å². The summed E-state index contributed by atoms with van der Waals surface area (Å²) >= 11 is 0. The van der Waals surface area contributed by atoms with Crippen molar-refractivity contribution in [3.63, 3.8) is 0 Å². The third-order valence-electron chi connectivity index (χ3n) is 5.03. The Bertz CT molecular complexity index is 608. The molecule has 3 rings (SSSR count). The van der Waals surface area contributed by atoms with Gasteiger partial charge in [-0.1, -0.05) is 6.42 Å². The zero-order valence-electron chi connectivity index (χ0n) is 12.3. The lowest BCUT2D eigenvalue weighted by Crippen LogP contribution is -2.40. The molecule has 1 heterocycles. The van der Waals surface area contributed by atoms with Crippen molar-refractivity contribution >= 4 is 10.0 Å². The molecule has 4 atom stereocenters. The van der Waals surface area contributed by atoms with Crippen LogP contribution in [0, 0.1) is 24.7 Å². The van der Waals surface area contributed by atoms with Crippen LogP contribution in [0.5, 0.6) is 0 Å². The van der Waals surface area contributed by atoms with Gasteiger partial charge in [0.15, 0.2) is 0 Å². The number of nitrogens with one attached hydrogen (secondary N) is 1. The summed E-state index contributed by atoms with van der Waals surface area (Å²) in [5.74, 6) is 2.05. The molecule has 0 amide bonds. The third-order valence-corrected chi connectivity index (χ3v) is 6.70. The Kier molecular flexibility index (Phi) is 3.41. The van der Waals surface area contributed by atoms with E-state index in [2.05, 4.69) is 9.82 Å². The van der Waals surface area contributed by atoms with Gasteiger partial charge in [0, 0.05) is 19.3 Å². The van der Waals surface area contributed by atoms with E-state index in [4.69, 9.17) is 0 Å². The Morgan fingerprint density at radius 1 is 1.40 bits per heavy atom. The molecule has 2 bridgehead atoms. The Morgan fingerprint density at radius 2 is 2.15 bits per heavy atom. The molecule has 0 spiro atoms. The van der Waals surface area contributed by atoms with E-state index in [1.54, 1.807) is 24.9 Å². The molecule has 2 fully saturated rings. The number of fused-ring (bicyclic) bond motifs is 2. The van der Waals surface area contributed by atoms with E-state index >= 15 is 0 Å². The predicted octanol–water partition coefficient (Wildman–Crippen LogP) is 1.83. The molecule has 0 aliphatic heterocycles. The van der Waals surface area contributed by atoms with Crippen molar-refractivity contribution in [2.75, 3.05) is 0 Å². The lowest BCUT2D eigenvalue weighted by Gasteiger charge is -2.28. The monoisotopic (exact) mass is 297 g/mol. The zero-order chi connectivity index (χ0) is 14.5. The van der Waals surface area contributed by atoms with Crippen LogP contribution in [0.4, 0.5) is 0 Å². The number of rotatable bonds is 4. The number of aryl methyl sites for hydroxylation is 2. The third kappa shape index (κ3) is 2.39. The van der Waals surface area contributed by atoms with Crippen LogP contribution in [-0.2, 0) is 17.1 Å². The summed E-state index contributed by atoms with van der Waals surface area (Å²) in [5.41, 5.74) is 0.556. The molecule has 2 aliphatic rings. The summed E-state index contributed by atoms with van der Waals surface area (Å²) in [6.07, 6.45) is 6.66. The van der Waals surface area contributed by atoms with Gasteiger partial charge in [-0.3, -0.25) is 4.68 Å². The molecular weight excluding hydrogens is 274 g/mol. The van der Waals surface area contributed by atoms with Gasteiger partial charge in [0.05, 0.1) is 5.69 Å². The average molecular weight is 297 g/mol. The molecule has 1 aromatic heterocycles. The number of aromatic nitrogens is 2. The second-order valence-corrected chi connectivity index (χ2v) is 8.18. The molecule has 5 nitrogen and oxygen atoms in total. The fraction of sp³-hybridized carbons (Fsp3) is 0.786. The Labute approximate surface area is 120 Å². The first-order chi connectivity index (χ1) is 9.37. The second kappa shape index (κ2) is 4.84. The first-order valence-electron chi connectivity index (χ1n) is 7.39. The van der Waals surface area contributed by atoms with E-state index < -0.39 is 10.0 Å². The minimum absolute atomic E-state index is 0.00917. The zero-order valence-corrected chi connectivity index (χ0v) is 13.2. The summed E-state index contributed by atoms with van der Waals surface area (Å²) in [7, 11) is -1.72. The van der Waals surface area contributed by atoms with E-state index in [0.717, 1.165) is 5.92 Å². The van der Waals surface area contributed by atoms with Gasteiger partial charge >= 0.3 is 0 Å². The standard InChI is InChI=1S/C14H23N3O2S/c1-9(13-7-11-4-5-12(13)6-11)16-20(18,19)14-8-17(3)15-10(14)2/h8-9,11-13,16H,4-7H2,1-3H3/t9-,11+,12+,13-/m1/s1. The van der Waals surface area contributed by atoms with Gasteiger partial charge < -0.3 is 0 Å². The fourth-order valence-corrected chi connectivity index (χ4v) is 5.66. The van der Waals surface area contributed by atoms with Gasteiger partial charge in [-0.25, -0.2) is 13.1 Å². The van der Waals surface area contributed by atoms with Crippen molar-refractivity contribution < 1.29 is 8.42 Å². The maximum absolute atomic E-state index is 12.5. The van der Waals surface area contributed by atoms with Crippen LogP contribution in [0.2, 0.25) is 0 Å². The number of nitrogens with zero attached hydrogens (tertiary/aromatic N) is 2. The molecule has 112 valence electrons. The molecule has 1 aromatic rings. The van der Waals surface area contributed by atoms with Gasteiger partial charge in [0.25, 0.3) is 0 Å². The highest BCUT2D eigenvalue weighted by Crippen LogP contribution is 2.49. The first kappa shape index (κ1) is 14.1. The molecule has 0 unspecified atom stereocenters. The number of hydrogen-bond acceptors (Lipinski definition) is 3. The smallest absolute Gasteiger partial charge is 0.244 e. The highest BCUT2D eigenvalue weighted by atomic mass is 32.2. The highest BCUT2D eigenvalue weighted by Gasteiger charge is 2.42. The van der Waals surface area contributed by atoms with Crippen molar-refractivity contribution in [2.24, 2.45) is 24.8 Å². The topological polar surface area (TPSA) is 64.0 Å². The molecule has 20 heavy (non-hydrogen) atoms. The van der Waals surface area contributed by atoms with Gasteiger partial charge in [0.1, 0.15) is 4.90 Å². The summed E-state index contributed by atoms with van der Waals surface area (Å²) in [6.45, 7) is 3.74. The largest absolute Gasteiger partial charge is 0.274 e. The van der Waals surface area contributed by atoms with E-state index in [0.29, 0.717) is 22.4 Å². The van der Waals surface area contributed by atoms with Crippen molar-refractivity contribution in [1.82, 2.24) is 14.5 Å². The Hall–Kier alpha value is -0.880. The van der Waals surface area contributed by atoms with Gasteiger partial charge in [0.2, 0.25) is 10.0 Å². The van der Waals surface area contributed by atoms with Crippen molar-refractivity contribution in [3.8, 4) is 0 Å². The molecule has 0 radical (unpaired) electrons. The summed E-state index contributed by atoms with van der Waals surface area (Å²) in [6, 6.07) is 0.00917. The fourth-order valence-electron chi connectivity index (χ4n) is 4.14. The van der Waals surface area contributed by atoms with E-state index in [1.165, 1.54) is 25.7 Å². The van der Waals surface area contributed by atoms with Crippen molar-refractivity contribution in [2.45, 2.75) is 50.5 Å². The van der Waals surface area contributed by atoms with Crippen LogP contribution in [0.25, 0.3) is 0 Å². The molecular formula is C14H23N3O2S. The minimum atomic E-state index is -3.46. The first-order valence-corrected chi connectivity index (χ1v) is 8.87. The molecule has 1 N–H and O–H groups in total. The van der Waals surface area contributed by atoms with Crippen LogP contribution in [0.15, 0.2) is 11.1 Å². The second-order valence-electron chi connectivity index (χ2n) is 6.50. The van der Waals surface area contributed by atoms with E-state index in [-0.39, 0.29) is 6.04 Å². The van der Waals surface area contributed by atoms with Gasteiger partial charge in [-0.2, -0.15) is 5.10 Å². The molecule has 2 saturated carbocycles. The van der Waals surface area contributed by atoms with Crippen molar-refractivity contribution in [1.29, 1.82) is 0 Å². The number of sulfonamides is 1. The quantitative estimate of drug-likeness (QED) is 0.922. The molecule has 0 saturated heterocycles. The van der Waals surface area contributed by atoms with Crippen LogP contribution < -0.4 is 4.72 Å². The predicted molar refractivity (Wildman–Crippen MR) is 76.7 cm³/mol. The maximum atomic E-state index is 12.5. The molecule has 0 aromatic carbocycles. The van der Waals surface area contributed by atoms with Gasteiger partial charge in [-0.15, -0.1) is 0 Å². The minimum Gasteiger partial charge on any atom is -0.274 e. The summed E-state index contributed by atoms with van der Waals surface area (Å²) in [5, 5.41) is 4.12.